The number of aryl methyl sites for hydroxylation is 1. The van der Waals surface area contributed by atoms with Gasteiger partial charge in [-0.3, -0.25) is 0 Å². The van der Waals surface area contributed by atoms with E-state index < -0.39 is 0 Å². The van der Waals surface area contributed by atoms with Crippen molar-refractivity contribution in [3.63, 3.8) is 0 Å². The zero-order valence-electron chi connectivity index (χ0n) is 10.8. The number of thioether (sulfide) groups is 1. The lowest BCUT2D eigenvalue weighted by atomic mass is 10.0. The van der Waals surface area contributed by atoms with E-state index in [1.807, 2.05) is 43.6 Å². The minimum atomic E-state index is 0.297. The van der Waals surface area contributed by atoms with Crippen LogP contribution in [-0.4, -0.2) is 21.3 Å². The van der Waals surface area contributed by atoms with Crippen LogP contribution in [0.3, 0.4) is 0 Å². The summed E-state index contributed by atoms with van der Waals surface area (Å²) in [7, 11) is 0. The maximum Gasteiger partial charge on any atom is 0.138 e. The highest BCUT2D eigenvalue weighted by Crippen LogP contribution is 2.36. The topological polar surface area (TPSA) is 48.9 Å². The average Bonchev–Trinajstić information content (AvgIpc) is 2.86. The molecule has 0 saturated heterocycles. The molecule has 19 heavy (non-hydrogen) atoms. The monoisotopic (exact) mass is 270 g/mol. The highest BCUT2D eigenvalue weighted by Gasteiger charge is 2.11. The summed E-state index contributed by atoms with van der Waals surface area (Å²) in [5.41, 5.74) is 3.64. The van der Waals surface area contributed by atoms with Gasteiger partial charge in [-0.15, -0.1) is 11.8 Å². The molecule has 0 aliphatic heterocycles. The van der Waals surface area contributed by atoms with Gasteiger partial charge >= 0.3 is 0 Å². The molecule has 0 fully saturated rings. The zero-order chi connectivity index (χ0) is 13.4. The van der Waals surface area contributed by atoms with Crippen LogP contribution in [0.4, 0.5) is 0 Å². The molecule has 4 heteroatoms. The molecule has 0 amide bonds. The van der Waals surface area contributed by atoms with Gasteiger partial charge in [0, 0.05) is 27.7 Å². The number of hydrogen-bond acceptors (Lipinski definition) is 3. The van der Waals surface area contributed by atoms with Gasteiger partial charge in [-0.25, -0.2) is 4.98 Å². The van der Waals surface area contributed by atoms with Crippen molar-refractivity contribution < 1.29 is 5.11 Å². The standard InChI is InChI=1S/C15H14N2OS/c1-9-7-12(11-5-6-16-15(11)17-9)13-8-10(19-2)3-4-14(13)18/h3-8,18H,1-2H3,(H,16,17). The van der Waals surface area contributed by atoms with E-state index in [2.05, 4.69) is 9.97 Å². The maximum atomic E-state index is 10.1. The first-order valence-corrected chi connectivity index (χ1v) is 7.23. The van der Waals surface area contributed by atoms with Crippen molar-refractivity contribution in [3.8, 4) is 16.9 Å². The second kappa shape index (κ2) is 4.63. The summed E-state index contributed by atoms with van der Waals surface area (Å²) in [6.45, 7) is 1.96. The van der Waals surface area contributed by atoms with E-state index in [-0.39, 0.29) is 0 Å². The number of nitrogens with zero attached hydrogens (tertiary/aromatic N) is 1. The molecule has 0 radical (unpaired) electrons. The number of aromatic amines is 1. The molecular weight excluding hydrogens is 256 g/mol. The van der Waals surface area contributed by atoms with Crippen molar-refractivity contribution in [2.45, 2.75) is 11.8 Å². The van der Waals surface area contributed by atoms with E-state index in [1.165, 1.54) is 0 Å². The highest BCUT2D eigenvalue weighted by atomic mass is 32.2. The van der Waals surface area contributed by atoms with Crippen LogP contribution in [0.15, 0.2) is 41.4 Å². The molecule has 2 N–H and O–H groups in total. The van der Waals surface area contributed by atoms with Crippen LogP contribution in [0, 0.1) is 6.92 Å². The Balaban J connectivity index is 2.32. The van der Waals surface area contributed by atoms with E-state index in [9.17, 15) is 5.11 Å². The summed E-state index contributed by atoms with van der Waals surface area (Å²) < 4.78 is 0. The number of phenols is 1. The molecule has 0 saturated carbocycles. The third-order valence-electron chi connectivity index (χ3n) is 3.15. The van der Waals surface area contributed by atoms with E-state index >= 15 is 0 Å². The Morgan fingerprint density at radius 2 is 2.00 bits per heavy atom. The van der Waals surface area contributed by atoms with Crippen molar-refractivity contribution in [1.29, 1.82) is 0 Å². The molecule has 0 aliphatic carbocycles. The van der Waals surface area contributed by atoms with Gasteiger partial charge in [0.15, 0.2) is 0 Å². The van der Waals surface area contributed by atoms with Crippen molar-refractivity contribution in [1.82, 2.24) is 9.97 Å². The Bertz CT molecular complexity index is 749. The third-order valence-corrected chi connectivity index (χ3v) is 3.88. The molecule has 3 rings (SSSR count). The maximum absolute atomic E-state index is 10.1. The van der Waals surface area contributed by atoms with Crippen LogP contribution in [0.5, 0.6) is 5.75 Å². The van der Waals surface area contributed by atoms with E-state index in [1.54, 1.807) is 17.8 Å². The number of benzene rings is 1. The Hall–Kier alpha value is -1.94. The first-order chi connectivity index (χ1) is 9.19. The molecule has 2 heterocycles. The molecule has 0 unspecified atom stereocenters. The number of aromatic nitrogens is 2. The van der Waals surface area contributed by atoms with Crippen LogP contribution in [0.2, 0.25) is 0 Å². The SMILES string of the molecule is CSc1ccc(O)c(-c2cc(C)nc3[nH]ccc23)c1. The fraction of sp³-hybridized carbons (Fsp3) is 0.133. The number of nitrogens with one attached hydrogen (secondary N) is 1. The predicted octanol–water partition coefficient (Wildman–Crippen LogP) is 3.97. The number of rotatable bonds is 2. The second-order valence-electron chi connectivity index (χ2n) is 4.43. The number of hydrogen-bond donors (Lipinski definition) is 2. The lowest BCUT2D eigenvalue weighted by Crippen LogP contribution is -1.88. The minimum absolute atomic E-state index is 0.297. The molecule has 3 aromatic rings. The number of fused-ring (bicyclic) bond motifs is 1. The van der Waals surface area contributed by atoms with Crippen molar-refractivity contribution in [2.24, 2.45) is 0 Å². The fourth-order valence-electron chi connectivity index (χ4n) is 2.25. The summed E-state index contributed by atoms with van der Waals surface area (Å²) in [6.07, 6.45) is 3.90. The molecule has 96 valence electrons. The summed E-state index contributed by atoms with van der Waals surface area (Å²) >= 11 is 1.66. The Labute approximate surface area is 115 Å². The van der Waals surface area contributed by atoms with Gasteiger partial charge in [-0.05, 0) is 49.1 Å². The van der Waals surface area contributed by atoms with E-state index in [4.69, 9.17) is 0 Å². The summed E-state index contributed by atoms with van der Waals surface area (Å²) in [4.78, 5) is 8.70. The first kappa shape index (κ1) is 12.1. The lowest BCUT2D eigenvalue weighted by molar-refractivity contribution is 0.477. The molecule has 1 aromatic carbocycles. The third kappa shape index (κ3) is 2.08. The van der Waals surface area contributed by atoms with Crippen molar-refractivity contribution >= 4 is 22.8 Å². The average molecular weight is 270 g/mol. The van der Waals surface area contributed by atoms with Crippen LogP contribution in [0.1, 0.15) is 5.69 Å². The highest BCUT2D eigenvalue weighted by molar-refractivity contribution is 7.98. The van der Waals surface area contributed by atoms with Gasteiger partial charge in [0.05, 0.1) is 0 Å². The quantitative estimate of drug-likeness (QED) is 0.693. The van der Waals surface area contributed by atoms with Gasteiger partial charge in [0.2, 0.25) is 0 Å². The van der Waals surface area contributed by atoms with Gasteiger partial charge in [-0.2, -0.15) is 0 Å². The van der Waals surface area contributed by atoms with E-state index in [0.29, 0.717) is 5.75 Å². The summed E-state index contributed by atoms with van der Waals surface area (Å²) in [6, 6.07) is 9.68. The molecule has 0 spiro atoms. The lowest BCUT2D eigenvalue weighted by Gasteiger charge is -2.09. The number of phenolic OH excluding ortho intramolecular Hbond substituents is 1. The Morgan fingerprint density at radius 3 is 2.79 bits per heavy atom. The van der Waals surface area contributed by atoms with Crippen molar-refractivity contribution in [3.05, 3.63) is 42.2 Å². The molecule has 2 aromatic heterocycles. The van der Waals surface area contributed by atoms with Gasteiger partial charge in [0.25, 0.3) is 0 Å². The normalized spacial score (nSPS) is 11.1. The predicted molar refractivity (Wildman–Crippen MR) is 79.7 cm³/mol. The second-order valence-corrected chi connectivity index (χ2v) is 5.31. The van der Waals surface area contributed by atoms with Crippen molar-refractivity contribution in [2.75, 3.05) is 6.26 Å². The van der Waals surface area contributed by atoms with E-state index in [0.717, 1.165) is 32.7 Å². The Morgan fingerprint density at radius 1 is 1.16 bits per heavy atom. The van der Waals surface area contributed by atoms with Crippen LogP contribution in [-0.2, 0) is 0 Å². The molecule has 3 nitrogen and oxygen atoms in total. The number of pyridine rings is 1. The first-order valence-electron chi connectivity index (χ1n) is 6.01. The molecule has 0 atom stereocenters. The largest absolute Gasteiger partial charge is 0.507 e. The van der Waals surface area contributed by atoms with Gasteiger partial charge in [0.1, 0.15) is 11.4 Å². The summed E-state index contributed by atoms with van der Waals surface area (Å²) in [5, 5.41) is 11.2. The Kier molecular flexibility index (Phi) is 2.95. The minimum Gasteiger partial charge on any atom is -0.507 e. The number of H-pyrrole nitrogens is 1. The van der Waals surface area contributed by atoms with Crippen LogP contribution < -0.4 is 0 Å². The van der Waals surface area contributed by atoms with Crippen LogP contribution >= 0.6 is 11.8 Å². The molecule has 0 aliphatic rings. The fourth-order valence-corrected chi connectivity index (χ4v) is 2.69. The van der Waals surface area contributed by atoms with Gasteiger partial charge < -0.3 is 10.1 Å². The number of aromatic hydroxyl groups is 1. The van der Waals surface area contributed by atoms with Crippen LogP contribution in [0.25, 0.3) is 22.2 Å². The zero-order valence-corrected chi connectivity index (χ0v) is 11.6. The van der Waals surface area contributed by atoms with Gasteiger partial charge in [-0.1, -0.05) is 0 Å². The smallest absolute Gasteiger partial charge is 0.138 e. The molecule has 0 bridgehead atoms. The summed E-state index contributed by atoms with van der Waals surface area (Å²) in [5.74, 6) is 0.297. The molecular formula is C15H14N2OS.